The average Bonchev–Trinajstić information content (AvgIpc) is 2.33. The molecule has 1 fully saturated rings. The molecule has 1 rings (SSSR count). The molecule has 0 saturated heterocycles. The minimum atomic E-state index is 0.198. The topological polar surface area (TPSA) is 29.1 Å². The first-order chi connectivity index (χ1) is 7.83. The third kappa shape index (κ3) is 5.80. The van der Waals surface area contributed by atoms with Gasteiger partial charge < -0.3 is 5.32 Å². The molecule has 2 heteroatoms. The van der Waals surface area contributed by atoms with Gasteiger partial charge in [0.2, 0.25) is 5.91 Å². The van der Waals surface area contributed by atoms with Crippen LogP contribution >= 0.6 is 0 Å². The third-order valence-electron chi connectivity index (χ3n) is 3.25. The van der Waals surface area contributed by atoms with Crippen LogP contribution in [0.2, 0.25) is 0 Å². The van der Waals surface area contributed by atoms with Crippen LogP contribution in [0, 0.1) is 17.8 Å². The average molecular weight is 221 g/mol. The molecule has 0 spiro atoms. The van der Waals surface area contributed by atoms with Crippen LogP contribution in [0.25, 0.3) is 0 Å². The van der Waals surface area contributed by atoms with Gasteiger partial charge in [-0.2, -0.15) is 0 Å². The summed E-state index contributed by atoms with van der Waals surface area (Å²) in [7, 11) is 0. The van der Waals surface area contributed by atoms with E-state index in [0.29, 0.717) is 13.0 Å². The van der Waals surface area contributed by atoms with E-state index in [-0.39, 0.29) is 5.91 Å². The molecule has 0 aliphatic heterocycles. The van der Waals surface area contributed by atoms with Gasteiger partial charge in [-0.3, -0.25) is 4.79 Å². The molecule has 1 aliphatic carbocycles. The van der Waals surface area contributed by atoms with Crippen molar-refractivity contribution >= 4 is 5.91 Å². The lowest BCUT2D eigenvalue weighted by Gasteiger charge is -2.20. The fourth-order valence-electron chi connectivity index (χ4n) is 2.29. The van der Waals surface area contributed by atoms with Gasteiger partial charge in [0.1, 0.15) is 0 Å². The van der Waals surface area contributed by atoms with Crippen molar-refractivity contribution in [2.45, 2.75) is 58.3 Å². The summed E-state index contributed by atoms with van der Waals surface area (Å²) in [6.45, 7) is 2.52. The quantitative estimate of drug-likeness (QED) is 0.561. The monoisotopic (exact) mass is 221 g/mol. The molecule has 0 unspecified atom stereocenters. The summed E-state index contributed by atoms with van der Waals surface area (Å²) in [5.41, 5.74) is 0. The fourth-order valence-corrected chi connectivity index (χ4v) is 2.29. The fraction of sp³-hybridized carbons (Fsp3) is 0.786. The molecule has 0 atom stereocenters. The minimum absolute atomic E-state index is 0.198. The zero-order valence-electron chi connectivity index (χ0n) is 10.3. The van der Waals surface area contributed by atoms with Gasteiger partial charge in [0.25, 0.3) is 0 Å². The predicted octanol–water partition coefficient (Wildman–Crippen LogP) is 2.88. The van der Waals surface area contributed by atoms with Gasteiger partial charge in [-0.05, 0) is 19.3 Å². The summed E-state index contributed by atoms with van der Waals surface area (Å²) >= 11 is 0. The Labute approximate surface area is 99.2 Å². The van der Waals surface area contributed by atoms with E-state index in [1.807, 2.05) is 6.92 Å². The normalized spacial score (nSPS) is 16.3. The maximum absolute atomic E-state index is 11.5. The molecule has 90 valence electrons. The predicted molar refractivity (Wildman–Crippen MR) is 66.9 cm³/mol. The van der Waals surface area contributed by atoms with Gasteiger partial charge in [0.15, 0.2) is 0 Å². The number of hydrogen-bond donors (Lipinski definition) is 1. The number of carbonyl (C=O) groups is 1. The molecule has 0 aromatic carbocycles. The van der Waals surface area contributed by atoms with E-state index in [2.05, 4.69) is 17.2 Å². The van der Waals surface area contributed by atoms with Crippen LogP contribution in [-0.2, 0) is 4.79 Å². The Kier molecular flexibility index (Phi) is 6.72. The van der Waals surface area contributed by atoms with E-state index in [4.69, 9.17) is 0 Å². The molecular weight excluding hydrogens is 198 g/mol. The molecule has 0 heterocycles. The van der Waals surface area contributed by atoms with Gasteiger partial charge in [-0.15, -0.1) is 11.8 Å². The number of rotatable bonds is 5. The van der Waals surface area contributed by atoms with E-state index in [9.17, 15) is 4.79 Å². The van der Waals surface area contributed by atoms with Gasteiger partial charge in [0.05, 0.1) is 0 Å². The molecule has 1 aliphatic rings. The Morgan fingerprint density at radius 1 is 1.31 bits per heavy atom. The van der Waals surface area contributed by atoms with Crippen molar-refractivity contribution in [3.05, 3.63) is 0 Å². The minimum Gasteiger partial charge on any atom is -0.355 e. The molecule has 0 bridgehead atoms. The van der Waals surface area contributed by atoms with Crippen LogP contribution in [0.4, 0.5) is 0 Å². The SMILES string of the molecule is CC#CCCNC(=O)CCC1CCCCC1. The van der Waals surface area contributed by atoms with Gasteiger partial charge in [-0.1, -0.05) is 32.1 Å². The lowest BCUT2D eigenvalue weighted by molar-refractivity contribution is -0.121. The van der Waals surface area contributed by atoms with Crippen molar-refractivity contribution in [1.29, 1.82) is 0 Å². The van der Waals surface area contributed by atoms with Crippen molar-refractivity contribution in [3.8, 4) is 11.8 Å². The highest BCUT2D eigenvalue weighted by Gasteiger charge is 2.14. The number of amides is 1. The third-order valence-corrected chi connectivity index (χ3v) is 3.25. The summed E-state index contributed by atoms with van der Waals surface area (Å²) < 4.78 is 0. The molecule has 16 heavy (non-hydrogen) atoms. The van der Waals surface area contributed by atoms with E-state index in [1.54, 1.807) is 0 Å². The second-order valence-corrected chi connectivity index (χ2v) is 4.57. The van der Waals surface area contributed by atoms with Crippen LogP contribution in [0.3, 0.4) is 0 Å². The largest absolute Gasteiger partial charge is 0.355 e. The number of nitrogens with one attached hydrogen (secondary N) is 1. The Morgan fingerprint density at radius 3 is 2.75 bits per heavy atom. The van der Waals surface area contributed by atoms with Gasteiger partial charge in [0, 0.05) is 19.4 Å². The first-order valence-corrected chi connectivity index (χ1v) is 6.49. The standard InChI is InChI=1S/C14H23NO/c1-2-3-7-12-15-14(16)11-10-13-8-5-4-6-9-13/h13H,4-12H2,1H3,(H,15,16). The van der Waals surface area contributed by atoms with Crippen molar-refractivity contribution in [2.75, 3.05) is 6.54 Å². The molecule has 0 aromatic heterocycles. The zero-order chi connectivity index (χ0) is 11.6. The summed E-state index contributed by atoms with van der Waals surface area (Å²) in [4.78, 5) is 11.5. The second-order valence-electron chi connectivity index (χ2n) is 4.57. The highest BCUT2D eigenvalue weighted by atomic mass is 16.1. The Hall–Kier alpha value is -0.970. The summed E-state index contributed by atoms with van der Waals surface area (Å²) in [6, 6.07) is 0. The van der Waals surface area contributed by atoms with Crippen LogP contribution in [0.5, 0.6) is 0 Å². The maximum atomic E-state index is 11.5. The van der Waals surface area contributed by atoms with E-state index < -0.39 is 0 Å². The molecule has 0 aromatic rings. The molecular formula is C14H23NO. The van der Waals surface area contributed by atoms with Gasteiger partial charge >= 0.3 is 0 Å². The van der Waals surface area contributed by atoms with Crippen LogP contribution in [-0.4, -0.2) is 12.5 Å². The van der Waals surface area contributed by atoms with Crippen molar-refractivity contribution in [2.24, 2.45) is 5.92 Å². The van der Waals surface area contributed by atoms with Crippen molar-refractivity contribution in [3.63, 3.8) is 0 Å². The van der Waals surface area contributed by atoms with Crippen molar-refractivity contribution < 1.29 is 4.79 Å². The summed E-state index contributed by atoms with van der Waals surface area (Å²) in [5, 5.41) is 2.92. The van der Waals surface area contributed by atoms with Gasteiger partial charge in [-0.25, -0.2) is 0 Å². The molecule has 0 radical (unpaired) electrons. The molecule has 1 N–H and O–H groups in total. The number of carbonyl (C=O) groups excluding carboxylic acids is 1. The first-order valence-electron chi connectivity index (χ1n) is 6.49. The lowest BCUT2D eigenvalue weighted by Crippen LogP contribution is -2.24. The highest BCUT2D eigenvalue weighted by Crippen LogP contribution is 2.27. The van der Waals surface area contributed by atoms with Crippen LogP contribution in [0.1, 0.15) is 58.3 Å². The molecule has 1 amide bonds. The van der Waals surface area contributed by atoms with Crippen LogP contribution < -0.4 is 5.32 Å². The molecule has 2 nitrogen and oxygen atoms in total. The Balaban J connectivity index is 2.02. The highest BCUT2D eigenvalue weighted by molar-refractivity contribution is 5.75. The van der Waals surface area contributed by atoms with E-state index in [0.717, 1.165) is 18.8 Å². The zero-order valence-corrected chi connectivity index (χ0v) is 10.3. The van der Waals surface area contributed by atoms with E-state index >= 15 is 0 Å². The second kappa shape index (κ2) is 8.21. The maximum Gasteiger partial charge on any atom is 0.220 e. The molecule has 1 saturated carbocycles. The van der Waals surface area contributed by atoms with E-state index in [1.165, 1.54) is 32.1 Å². The number of hydrogen-bond acceptors (Lipinski definition) is 1. The van der Waals surface area contributed by atoms with Crippen LogP contribution in [0.15, 0.2) is 0 Å². The smallest absolute Gasteiger partial charge is 0.220 e. The lowest BCUT2D eigenvalue weighted by atomic mass is 9.86. The summed E-state index contributed by atoms with van der Waals surface area (Å²) in [5.74, 6) is 6.77. The Bertz CT molecular complexity index is 256. The van der Waals surface area contributed by atoms with Crippen molar-refractivity contribution in [1.82, 2.24) is 5.32 Å². The first kappa shape index (κ1) is 13.1. The Morgan fingerprint density at radius 2 is 2.06 bits per heavy atom. The summed E-state index contributed by atoms with van der Waals surface area (Å²) in [6.07, 6.45) is 9.31.